The maximum atomic E-state index is 12.5. The number of tetrazole rings is 1. The van der Waals surface area contributed by atoms with Crippen LogP contribution < -0.4 is 16.3 Å². The van der Waals surface area contributed by atoms with Crippen molar-refractivity contribution in [1.29, 1.82) is 0 Å². The predicted molar refractivity (Wildman–Crippen MR) is 125 cm³/mol. The van der Waals surface area contributed by atoms with Crippen LogP contribution in [-0.2, 0) is 11.9 Å². The van der Waals surface area contributed by atoms with Gasteiger partial charge in [0.1, 0.15) is 5.75 Å². The molecule has 0 bridgehead atoms. The molecule has 0 aliphatic rings. The molecule has 0 aliphatic carbocycles. The summed E-state index contributed by atoms with van der Waals surface area (Å²) in [5, 5.41) is 7.81. The molecule has 0 aliphatic heterocycles. The Morgan fingerprint density at radius 1 is 1.09 bits per heavy atom. The van der Waals surface area contributed by atoms with E-state index in [1.807, 2.05) is 50.2 Å². The average Bonchev–Trinajstić information content (AvgIpc) is 3.13. The molecule has 0 saturated carbocycles. The number of ether oxygens (including phenoxy) is 1. The lowest BCUT2D eigenvalue weighted by atomic mass is 9.98. The van der Waals surface area contributed by atoms with Gasteiger partial charge < -0.3 is 9.57 Å². The summed E-state index contributed by atoms with van der Waals surface area (Å²) in [6.45, 7) is 6.74. The fourth-order valence-electron chi connectivity index (χ4n) is 3.59. The number of unbranched alkanes of at least 4 members (excludes halogenated alkanes) is 3. The topological polar surface area (TPSA) is 97.2 Å². The molecule has 0 amide bonds. The summed E-state index contributed by atoms with van der Waals surface area (Å²) in [6.07, 6.45) is 4.61. The molecule has 2 N–H and O–H groups in total. The highest BCUT2D eigenvalue weighted by Gasteiger charge is 2.20. The largest absolute Gasteiger partial charge is 0.494 e. The predicted octanol–water partition coefficient (Wildman–Crippen LogP) is 4.01. The van der Waals surface area contributed by atoms with Crippen LogP contribution in [0.25, 0.3) is 17.0 Å². The van der Waals surface area contributed by atoms with Crippen molar-refractivity contribution >= 4 is 11.3 Å². The molecule has 8 nitrogen and oxygen atoms in total. The molecule has 0 atom stereocenters. The first kappa shape index (κ1) is 23.3. The fourth-order valence-corrected chi connectivity index (χ4v) is 3.59. The maximum absolute atomic E-state index is 12.5. The number of hydrogen-bond donors (Lipinski definition) is 1. The van der Waals surface area contributed by atoms with E-state index in [4.69, 9.17) is 15.5 Å². The number of nitrogens with two attached hydrogens (primary N) is 1. The molecule has 0 radical (unpaired) electrons. The van der Waals surface area contributed by atoms with Crippen molar-refractivity contribution in [1.82, 2.24) is 19.8 Å². The first-order valence-corrected chi connectivity index (χ1v) is 10.9. The van der Waals surface area contributed by atoms with Gasteiger partial charge in [0.05, 0.1) is 12.3 Å². The lowest BCUT2D eigenvalue weighted by molar-refractivity contribution is 0.291. The van der Waals surface area contributed by atoms with E-state index < -0.39 is 0 Å². The number of allylic oxidation sites excluding steroid dienone is 1. The lowest BCUT2D eigenvalue weighted by Crippen LogP contribution is -2.23. The van der Waals surface area contributed by atoms with Crippen molar-refractivity contribution in [2.45, 2.75) is 46.5 Å². The number of benzene rings is 2. The summed E-state index contributed by atoms with van der Waals surface area (Å²) in [5.74, 6) is 7.00. The second kappa shape index (κ2) is 10.8. The molecule has 1 aromatic heterocycles. The summed E-state index contributed by atoms with van der Waals surface area (Å²) in [7, 11) is 1.55. The zero-order valence-corrected chi connectivity index (χ0v) is 19.2. The molecule has 2 aromatic carbocycles. The van der Waals surface area contributed by atoms with E-state index in [0.29, 0.717) is 23.6 Å². The Morgan fingerprint density at radius 3 is 2.56 bits per heavy atom. The average molecular weight is 438 g/mol. The van der Waals surface area contributed by atoms with E-state index in [1.165, 1.54) is 22.2 Å². The molecule has 0 fully saturated rings. The summed E-state index contributed by atoms with van der Waals surface area (Å²) < 4.78 is 8.35. The van der Waals surface area contributed by atoms with Crippen LogP contribution in [0.1, 0.15) is 56.2 Å². The molecule has 32 heavy (non-hydrogen) atoms. The third-order valence-electron chi connectivity index (χ3n) is 5.42. The quantitative estimate of drug-likeness (QED) is 0.223. The molecule has 3 rings (SSSR count). The van der Waals surface area contributed by atoms with E-state index in [2.05, 4.69) is 17.4 Å². The van der Waals surface area contributed by atoms with Gasteiger partial charge in [0.15, 0.2) is 5.76 Å². The Balaban J connectivity index is 2.00. The van der Waals surface area contributed by atoms with Crippen LogP contribution in [-0.4, -0.2) is 26.4 Å². The van der Waals surface area contributed by atoms with Crippen molar-refractivity contribution in [2.75, 3.05) is 6.61 Å². The van der Waals surface area contributed by atoms with Crippen molar-refractivity contribution in [2.24, 2.45) is 12.9 Å². The van der Waals surface area contributed by atoms with Gasteiger partial charge in [-0.05, 0) is 60.0 Å². The maximum Gasteiger partial charge on any atom is 0.368 e. The third kappa shape index (κ3) is 5.08. The molecule has 0 spiro atoms. The van der Waals surface area contributed by atoms with Gasteiger partial charge in [-0.3, -0.25) is 0 Å². The number of hydrogen-bond acceptors (Lipinski definition) is 6. The highest BCUT2D eigenvalue weighted by atomic mass is 16.6. The van der Waals surface area contributed by atoms with Gasteiger partial charge in [0.25, 0.3) is 0 Å². The SMILES string of the molecule is CCCCCCOc1cccc(/C(C)=C(/ON)c2c(C)cccc2-n2nnn(C)c2=O)c1. The first-order chi connectivity index (χ1) is 15.5. The van der Waals surface area contributed by atoms with Crippen LogP contribution in [0.4, 0.5) is 0 Å². The molecule has 0 saturated heterocycles. The van der Waals surface area contributed by atoms with Gasteiger partial charge in [-0.2, -0.15) is 15.3 Å². The van der Waals surface area contributed by atoms with Crippen LogP contribution in [0.15, 0.2) is 47.3 Å². The van der Waals surface area contributed by atoms with Crippen molar-refractivity contribution in [3.05, 3.63) is 69.6 Å². The normalized spacial score (nSPS) is 11.9. The Hall–Kier alpha value is -3.39. The Kier molecular flexibility index (Phi) is 7.83. The van der Waals surface area contributed by atoms with Crippen LogP contribution >= 0.6 is 0 Å². The number of nitrogens with zero attached hydrogens (tertiary/aromatic N) is 4. The van der Waals surface area contributed by atoms with Crippen LogP contribution in [0.5, 0.6) is 5.75 Å². The minimum absolute atomic E-state index is 0.357. The summed E-state index contributed by atoms with van der Waals surface area (Å²) in [4.78, 5) is 17.9. The summed E-state index contributed by atoms with van der Waals surface area (Å²) in [6, 6.07) is 13.4. The minimum Gasteiger partial charge on any atom is -0.494 e. The summed E-state index contributed by atoms with van der Waals surface area (Å²) in [5.41, 5.74) is 3.49. The van der Waals surface area contributed by atoms with Crippen LogP contribution in [0, 0.1) is 6.92 Å². The van der Waals surface area contributed by atoms with Gasteiger partial charge in [-0.1, -0.05) is 50.5 Å². The Labute approximate surface area is 188 Å². The Morgan fingerprint density at radius 2 is 1.88 bits per heavy atom. The van der Waals surface area contributed by atoms with Crippen LogP contribution in [0.3, 0.4) is 0 Å². The highest BCUT2D eigenvalue weighted by molar-refractivity contribution is 5.90. The Bertz CT molecular complexity index is 1150. The van der Waals surface area contributed by atoms with Gasteiger partial charge in [-0.15, -0.1) is 0 Å². The zero-order chi connectivity index (χ0) is 23.1. The molecule has 170 valence electrons. The molecular formula is C24H31N5O3. The van der Waals surface area contributed by atoms with Crippen molar-refractivity contribution in [3.8, 4) is 11.4 Å². The molecule has 0 unspecified atom stereocenters. The second-order valence-electron chi connectivity index (χ2n) is 7.77. The summed E-state index contributed by atoms with van der Waals surface area (Å²) >= 11 is 0. The molecular weight excluding hydrogens is 406 g/mol. The van der Waals surface area contributed by atoms with Gasteiger partial charge >= 0.3 is 5.69 Å². The molecule has 1 heterocycles. The second-order valence-corrected chi connectivity index (χ2v) is 7.77. The monoisotopic (exact) mass is 437 g/mol. The van der Waals surface area contributed by atoms with E-state index in [0.717, 1.165) is 35.3 Å². The minimum atomic E-state index is -0.357. The molecule has 8 heteroatoms. The van der Waals surface area contributed by atoms with Gasteiger partial charge in [0, 0.05) is 18.2 Å². The van der Waals surface area contributed by atoms with Gasteiger partial charge in [-0.25, -0.2) is 4.79 Å². The number of rotatable bonds is 10. The molecule has 3 aromatic rings. The first-order valence-electron chi connectivity index (χ1n) is 10.9. The number of aryl methyl sites for hydroxylation is 2. The third-order valence-corrected chi connectivity index (χ3v) is 5.42. The van der Waals surface area contributed by atoms with E-state index in [9.17, 15) is 4.79 Å². The smallest absolute Gasteiger partial charge is 0.368 e. The van der Waals surface area contributed by atoms with Crippen molar-refractivity contribution in [3.63, 3.8) is 0 Å². The highest BCUT2D eigenvalue weighted by Crippen LogP contribution is 2.33. The van der Waals surface area contributed by atoms with E-state index >= 15 is 0 Å². The standard InChI is InChI=1S/C24H31N5O3/c1-5-6-7-8-15-31-20-13-10-12-19(16-20)18(3)23(32-25)22-17(2)11-9-14-21(22)29-24(30)28(4)26-27-29/h9-14,16H,5-8,15,25H2,1-4H3/b23-18+. The van der Waals surface area contributed by atoms with Crippen LogP contribution in [0.2, 0.25) is 0 Å². The van der Waals surface area contributed by atoms with Gasteiger partial charge in [0.2, 0.25) is 0 Å². The van der Waals surface area contributed by atoms with Crippen molar-refractivity contribution < 1.29 is 9.57 Å². The number of aromatic nitrogens is 4. The van der Waals surface area contributed by atoms with E-state index in [1.54, 1.807) is 13.1 Å². The van der Waals surface area contributed by atoms with E-state index in [-0.39, 0.29) is 5.69 Å². The zero-order valence-electron chi connectivity index (χ0n) is 19.2. The lowest BCUT2D eigenvalue weighted by Gasteiger charge is -2.17. The fraction of sp³-hybridized carbons (Fsp3) is 0.375.